The van der Waals surface area contributed by atoms with E-state index in [0.717, 1.165) is 12.2 Å². The summed E-state index contributed by atoms with van der Waals surface area (Å²) in [5, 5.41) is 0. The van der Waals surface area contributed by atoms with Crippen LogP contribution in [0.25, 0.3) is 0 Å². The Balaban J connectivity index is 1.84. The van der Waals surface area contributed by atoms with E-state index in [9.17, 15) is 0 Å². The van der Waals surface area contributed by atoms with E-state index in [1.807, 2.05) is 6.07 Å². The molecular formula is C16H16N2OS. The smallest absolute Gasteiger partial charge is 0.131 e. The van der Waals surface area contributed by atoms with Gasteiger partial charge < -0.3 is 10.5 Å². The highest BCUT2D eigenvalue weighted by Crippen LogP contribution is 2.28. The third-order valence-electron chi connectivity index (χ3n) is 3.54. The highest BCUT2D eigenvalue weighted by molar-refractivity contribution is 7.80. The first-order valence-corrected chi connectivity index (χ1v) is 7.19. The van der Waals surface area contributed by atoms with Gasteiger partial charge >= 0.3 is 0 Å². The van der Waals surface area contributed by atoms with E-state index >= 15 is 0 Å². The van der Waals surface area contributed by atoms with E-state index in [4.69, 9.17) is 22.7 Å². The fourth-order valence-corrected chi connectivity index (χ4v) is 2.63. The molecule has 0 bridgehead atoms. The largest absolute Gasteiger partial charge is 0.457 e. The predicted octanol–water partition coefficient (Wildman–Crippen LogP) is 3.39. The molecule has 102 valence electrons. The van der Waals surface area contributed by atoms with Crippen LogP contribution in [-0.4, -0.2) is 9.97 Å². The van der Waals surface area contributed by atoms with E-state index in [2.05, 4.69) is 17.1 Å². The van der Waals surface area contributed by atoms with Crippen molar-refractivity contribution in [1.82, 2.24) is 4.98 Å². The standard InChI is InChI=1S/C16H16N2OS/c17-16(20)15-10-14(7-8-18-15)19-13-6-5-11-3-1-2-4-12(11)9-13/h5-10H,1-4H2,(H2,17,20). The minimum atomic E-state index is 0.279. The van der Waals surface area contributed by atoms with Gasteiger partial charge in [0, 0.05) is 12.3 Å². The summed E-state index contributed by atoms with van der Waals surface area (Å²) in [5.41, 5.74) is 9.01. The number of ether oxygens (including phenoxy) is 1. The molecule has 0 saturated carbocycles. The molecule has 2 N–H and O–H groups in total. The number of fused-ring (bicyclic) bond motifs is 1. The Morgan fingerprint density at radius 3 is 2.60 bits per heavy atom. The Hall–Kier alpha value is -1.94. The van der Waals surface area contributed by atoms with E-state index < -0.39 is 0 Å². The molecule has 0 unspecified atom stereocenters. The first-order valence-electron chi connectivity index (χ1n) is 6.78. The van der Waals surface area contributed by atoms with Crippen LogP contribution in [0.1, 0.15) is 29.7 Å². The summed E-state index contributed by atoms with van der Waals surface area (Å²) in [4.78, 5) is 4.38. The number of aryl methyl sites for hydroxylation is 2. The molecule has 1 heterocycles. The van der Waals surface area contributed by atoms with Crippen LogP contribution in [0, 0.1) is 0 Å². The molecule has 20 heavy (non-hydrogen) atoms. The van der Waals surface area contributed by atoms with Crippen molar-refractivity contribution in [3.05, 3.63) is 53.3 Å². The van der Waals surface area contributed by atoms with E-state index in [1.54, 1.807) is 18.3 Å². The molecule has 0 radical (unpaired) electrons. The third-order valence-corrected chi connectivity index (χ3v) is 3.75. The molecule has 1 aromatic carbocycles. The Labute approximate surface area is 123 Å². The number of aromatic nitrogens is 1. The summed E-state index contributed by atoms with van der Waals surface area (Å²) >= 11 is 4.93. The second-order valence-electron chi connectivity index (χ2n) is 4.98. The van der Waals surface area contributed by atoms with Crippen LogP contribution < -0.4 is 10.5 Å². The van der Waals surface area contributed by atoms with E-state index in [1.165, 1.54) is 30.4 Å². The minimum absolute atomic E-state index is 0.279. The van der Waals surface area contributed by atoms with Crippen molar-refractivity contribution in [3.8, 4) is 11.5 Å². The van der Waals surface area contributed by atoms with Gasteiger partial charge in [-0.15, -0.1) is 0 Å². The molecule has 1 aromatic heterocycles. The normalized spacial score (nSPS) is 13.6. The van der Waals surface area contributed by atoms with Crippen LogP contribution in [0.2, 0.25) is 0 Å². The maximum absolute atomic E-state index is 5.88. The number of thiocarbonyl (C=S) groups is 1. The number of hydrogen-bond acceptors (Lipinski definition) is 3. The van der Waals surface area contributed by atoms with Crippen molar-refractivity contribution in [2.75, 3.05) is 0 Å². The van der Waals surface area contributed by atoms with Gasteiger partial charge in [0.15, 0.2) is 0 Å². The fraction of sp³-hybridized carbons (Fsp3) is 0.250. The van der Waals surface area contributed by atoms with Crippen LogP contribution in [-0.2, 0) is 12.8 Å². The molecule has 3 rings (SSSR count). The number of nitrogens with two attached hydrogens (primary N) is 1. The molecule has 0 aliphatic heterocycles. The van der Waals surface area contributed by atoms with Crippen molar-refractivity contribution >= 4 is 17.2 Å². The second-order valence-corrected chi connectivity index (χ2v) is 5.42. The van der Waals surface area contributed by atoms with Gasteiger partial charge in [-0.1, -0.05) is 18.3 Å². The highest BCUT2D eigenvalue weighted by atomic mass is 32.1. The third kappa shape index (κ3) is 2.80. The average molecular weight is 284 g/mol. The molecule has 3 nitrogen and oxygen atoms in total. The lowest BCUT2D eigenvalue weighted by molar-refractivity contribution is 0.480. The first kappa shape index (κ1) is 13.1. The lowest BCUT2D eigenvalue weighted by Gasteiger charge is -2.16. The number of pyridine rings is 1. The molecule has 1 aliphatic rings. The Kier molecular flexibility index (Phi) is 3.65. The van der Waals surface area contributed by atoms with Crippen molar-refractivity contribution in [2.45, 2.75) is 25.7 Å². The summed E-state index contributed by atoms with van der Waals surface area (Å²) in [6.07, 6.45) is 6.52. The van der Waals surface area contributed by atoms with Crippen LogP contribution in [0.4, 0.5) is 0 Å². The van der Waals surface area contributed by atoms with Gasteiger partial charge in [-0.25, -0.2) is 0 Å². The zero-order valence-corrected chi connectivity index (χ0v) is 12.0. The maximum atomic E-state index is 5.88. The van der Waals surface area contributed by atoms with Gasteiger partial charge in [0.05, 0.1) is 0 Å². The predicted molar refractivity (Wildman–Crippen MR) is 83.3 cm³/mol. The Morgan fingerprint density at radius 1 is 1.05 bits per heavy atom. The summed E-state index contributed by atoms with van der Waals surface area (Å²) < 4.78 is 5.88. The molecule has 2 aromatic rings. The number of nitrogens with zero attached hydrogens (tertiary/aromatic N) is 1. The van der Waals surface area contributed by atoms with Crippen molar-refractivity contribution in [1.29, 1.82) is 0 Å². The monoisotopic (exact) mass is 284 g/mol. The van der Waals surface area contributed by atoms with Gasteiger partial charge in [0.25, 0.3) is 0 Å². The molecular weight excluding hydrogens is 268 g/mol. The van der Waals surface area contributed by atoms with Crippen LogP contribution in [0.5, 0.6) is 11.5 Å². The molecule has 0 spiro atoms. The number of benzene rings is 1. The Bertz CT molecular complexity index is 655. The zero-order chi connectivity index (χ0) is 13.9. The van der Waals surface area contributed by atoms with Gasteiger partial charge in [0.1, 0.15) is 22.2 Å². The van der Waals surface area contributed by atoms with Crippen LogP contribution in [0.15, 0.2) is 36.5 Å². The van der Waals surface area contributed by atoms with Crippen molar-refractivity contribution in [2.24, 2.45) is 5.73 Å². The zero-order valence-electron chi connectivity index (χ0n) is 11.1. The number of rotatable bonds is 3. The maximum Gasteiger partial charge on any atom is 0.131 e. The molecule has 0 amide bonds. The summed E-state index contributed by atoms with van der Waals surface area (Å²) in [6.45, 7) is 0. The highest BCUT2D eigenvalue weighted by Gasteiger charge is 2.10. The quantitative estimate of drug-likeness (QED) is 0.878. The average Bonchev–Trinajstić information content (AvgIpc) is 2.47. The number of hydrogen-bond donors (Lipinski definition) is 1. The fourth-order valence-electron chi connectivity index (χ4n) is 2.52. The summed E-state index contributed by atoms with van der Waals surface area (Å²) in [6, 6.07) is 9.89. The van der Waals surface area contributed by atoms with Crippen LogP contribution in [0.3, 0.4) is 0 Å². The molecule has 0 fully saturated rings. The first-order chi connectivity index (χ1) is 9.72. The molecule has 1 aliphatic carbocycles. The van der Waals surface area contributed by atoms with E-state index in [-0.39, 0.29) is 4.99 Å². The van der Waals surface area contributed by atoms with Crippen LogP contribution >= 0.6 is 12.2 Å². The molecule has 0 saturated heterocycles. The van der Waals surface area contributed by atoms with Crippen molar-refractivity contribution in [3.63, 3.8) is 0 Å². The Morgan fingerprint density at radius 2 is 1.80 bits per heavy atom. The lowest BCUT2D eigenvalue weighted by Crippen LogP contribution is -2.11. The minimum Gasteiger partial charge on any atom is -0.457 e. The summed E-state index contributed by atoms with van der Waals surface area (Å²) in [7, 11) is 0. The topological polar surface area (TPSA) is 48.1 Å². The summed E-state index contributed by atoms with van der Waals surface area (Å²) in [5.74, 6) is 1.56. The van der Waals surface area contributed by atoms with E-state index in [0.29, 0.717) is 11.4 Å². The van der Waals surface area contributed by atoms with Gasteiger partial charge in [-0.05, 0) is 55.0 Å². The second kappa shape index (κ2) is 5.59. The molecule has 4 heteroatoms. The SMILES string of the molecule is NC(=S)c1cc(Oc2ccc3c(c2)CCCC3)ccn1. The van der Waals surface area contributed by atoms with Crippen molar-refractivity contribution < 1.29 is 4.74 Å². The van der Waals surface area contributed by atoms with Gasteiger partial charge in [0.2, 0.25) is 0 Å². The van der Waals surface area contributed by atoms with Gasteiger partial charge in [-0.2, -0.15) is 0 Å². The lowest BCUT2D eigenvalue weighted by atomic mass is 9.92. The molecule has 0 atom stereocenters. The van der Waals surface area contributed by atoms with Gasteiger partial charge in [-0.3, -0.25) is 4.98 Å².